The topological polar surface area (TPSA) is 104 Å². The number of aliphatic hydroxyl groups is 2. The van der Waals surface area contributed by atoms with Crippen molar-refractivity contribution >= 4 is 119 Å². The van der Waals surface area contributed by atoms with Gasteiger partial charge in [0.05, 0.1) is 17.0 Å². The van der Waals surface area contributed by atoms with Gasteiger partial charge in [0.2, 0.25) is 0 Å². The van der Waals surface area contributed by atoms with Crippen LogP contribution >= 0.6 is 106 Å². The van der Waals surface area contributed by atoms with Gasteiger partial charge in [-0.1, -0.05) is 93.9 Å². The molecule has 2 aromatic heterocycles. The standard InChI is InChI=1S/C11H10OS.C7H9BO3.C4H3BrS.CH3O.CH4.H8P6.H4P2.Pd/c12-8-9-3-1-4-10(7-9)11-5-2-6-13-11;9-5-6-2-1-3-7(4-6)8(10)11;5-4-2-1-3-6-4;1-2;;1-3-5-6-4-2;1-2;/h1-7,12H,8H2;1-4,9-11H,5H2;1-3H;1H3;1H4;3-6H,1-2H2;1-2H2;/q;;;-1;;;;. The van der Waals surface area contributed by atoms with Gasteiger partial charge in [-0.25, -0.2) is 0 Å². The second kappa shape index (κ2) is 37.7. The van der Waals surface area contributed by atoms with E-state index in [4.69, 9.17) is 25.4 Å². The molecular formula is C24H41BBrO5P8PdS2-. The summed E-state index contributed by atoms with van der Waals surface area (Å²) in [4.78, 5) is 1.25. The van der Waals surface area contributed by atoms with E-state index in [9.17, 15) is 0 Å². The molecule has 0 saturated carbocycles. The number of thiophene rings is 2. The van der Waals surface area contributed by atoms with Gasteiger partial charge in [0.1, 0.15) is 0 Å². The minimum absolute atomic E-state index is 0. The predicted molar refractivity (Wildman–Crippen MR) is 215 cm³/mol. The van der Waals surface area contributed by atoms with Crippen LogP contribution < -0.4 is 10.6 Å². The fraction of sp³-hybridized carbons (Fsp3) is 0.167. The number of benzene rings is 2. The number of rotatable bonds is 7. The second-order valence-electron chi connectivity index (χ2n) is 6.57. The normalized spacial score (nSPS) is 9.69. The summed E-state index contributed by atoms with van der Waals surface area (Å²) < 4.78 is 1.20. The van der Waals surface area contributed by atoms with Gasteiger partial charge in [0.15, 0.2) is 0 Å². The smallest absolute Gasteiger partial charge is 0.488 e. The van der Waals surface area contributed by atoms with Crippen LogP contribution in [0.25, 0.3) is 10.4 Å². The van der Waals surface area contributed by atoms with Crippen molar-refractivity contribution in [2.45, 2.75) is 20.6 Å². The third-order valence-corrected chi connectivity index (χ3v) is 23.0. The van der Waals surface area contributed by atoms with E-state index in [1.165, 1.54) is 30.1 Å². The van der Waals surface area contributed by atoms with E-state index in [2.05, 4.69) is 69.2 Å². The molecule has 4 rings (SSSR count). The van der Waals surface area contributed by atoms with Gasteiger partial charge in [-0.2, -0.15) is 7.11 Å². The molecule has 240 valence electrons. The van der Waals surface area contributed by atoms with Crippen LogP contribution in [0.1, 0.15) is 18.6 Å². The summed E-state index contributed by atoms with van der Waals surface area (Å²) in [6.07, 6.45) is 0. The summed E-state index contributed by atoms with van der Waals surface area (Å²) in [5.41, 5.74) is 3.22. The molecule has 8 atom stereocenters. The van der Waals surface area contributed by atoms with Crippen LogP contribution in [0.5, 0.6) is 0 Å². The molecule has 0 bridgehead atoms. The Labute approximate surface area is 298 Å². The summed E-state index contributed by atoms with van der Waals surface area (Å²) >= 11 is 6.71. The van der Waals surface area contributed by atoms with Gasteiger partial charge in [-0.05, 0) is 67.0 Å². The second-order valence-corrected chi connectivity index (χ2v) is 23.8. The van der Waals surface area contributed by atoms with Crippen molar-refractivity contribution in [2.24, 2.45) is 0 Å². The Morgan fingerprint density at radius 3 is 1.67 bits per heavy atom. The molecule has 4 N–H and O–H groups in total. The van der Waals surface area contributed by atoms with Crippen LogP contribution in [-0.4, -0.2) is 34.5 Å². The first kappa shape index (κ1) is 51.1. The van der Waals surface area contributed by atoms with Gasteiger partial charge in [-0.15, -0.1) is 58.4 Å². The Kier molecular flexibility index (Phi) is 45.9. The minimum atomic E-state index is -1.46. The molecule has 2 heterocycles. The number of halogens is 1. The first-order valence-electron chi connectivity index (χ1n) is 11.1. The molecular weight excluding hydrogens is 877 g/mol. The average molecular weight is 919 g/mol. The maximum Gasteiger partial charge on any atom is 0.488 e. The molecule has 0 fully saturated rings. The molecule has 0 radical (unpaired) electrons. The molecule has 4 aromatic rings. The summed E-state index contributed by atoms with van der Waals surface area (Å²) in [6.45, 7) is 0.0276. The maximum absolute atomic E-state index is 8.96. The van der Waals surface area contributed by atoms with Crippen molar-refractivity contribution in [2.75, 3.05) is 7.11 Å². The largest absolute Gasteiger partial charge is 0.857 e. The predicted octanol–water partition coefficient (Wildman–Crippen LogP) is 7.56. The molecule has 8 unspecified atom stereocenters. The van der Waals surface area contributed by atoms with Crippen LogP contribution in [0.4, 0.5) is 0 Å². The fourth-order valence-corrected chi connectivity index (χ4v) is 21.6. The molecule has 18 heteroatoms. The van der Waals surface area contributed by atoms with Crippen LogP contribution in [0.15, 0.2) is 87.3 Å². The van der Waals surface area contributed by atoms with E-state index in [1.807, 2.05) is 41.8 Å². The van der Waals surface area contributed by atoms with Crippen LogP contribution in [0.2, 0.25) is 0 Å². The Balaban J connectivity index is -0.000000227. The Morgan fingerprint density at radius 1 is 0.786 bits per heavy atom. The van der Waals surface area contributed by atoms with E-state index < -0.39 is 7.12 Å². The Bertz CT molecular complexity index is 1070. The van der Waals surface area contributed by atoms with E-state index in [1.54, 1.807) is 46.9 Å². The van der Waals surface area contributed by atoms with Crippen molar-refractivity contribution < 1.29 is 45.8 Å². The molecule has 0 aliphatic heterocycles. The molecule has 2 aromatic carbocycles. The summed E-state index contributed by atoms with van der Waals surface area (Å²) in [5, 5.41) is 47.4. The summed E-state index contributed by atoms with van der Waals surface area (Å²) in [7, 11) is 14.2. The van der Waals surface area contributed by atoms with Crippen molar-refractivity contribution in [3.63, 3.8) is 0 Å². The van der Waals surface area contributed by atoms with Gasteiger partial charge in [-0.3, -0.25) is 0 Å². The third-order valence-electron chi connectivity index (χ3n) is 4.04. The minimum Gasteiger partial charge on any atom is -0.857 e. The zero-order valence-corrected chi connectivity index (χ0v) is 35.5. The molecule has 0 saturated heterocycles. The van der Waals surface area contributed by atoms with Gasteiger partial charge < -0.3 is 25.4 Å². The van der Waals surface area contributed by atoms with E-state index in [-0.39, 0.29) is 41.1 Å². The van der Waals surface area contributed by atoms with Gasteiger partial charge in [0, 0.05) is 25.3 Å². The Morgan fingerprint density at radius 2 is 1.29 bits per heavy atom. The molecule has 42 heavy (non-hydrogen) atoms. The number of hydrogen-bond donors (Lipinski definition) is 4. The van der Waals surface area contributed by atoms with E-state index >= 15 is 0 Å². The van der Waals surface area contributed by atoms with Crippen LogP contribution in [0, 0.1) is 0 Å². The molecule has 5 nitrogen and oxygen atoms in total. The van der Waals surface area contributed by atoms with Gasteiger partial charge >= 0.3 is 7.12 Å². The van der Waals surface area contributed by atoms with Crippen molar-refractivity contribution in [1.82, 2.24) is 0 Å². The quantitative estimate of drug-likeness (QED) is 0.0872. The zero-order valence-electron chi connectivity index (χ0n) is 22.1. The first-order chi connectivity index (χ1) is 19.4. The molecule has 0 amide bonds. The van der Waals surface area contributed by atoms with E-state index in [0.717, 1.165) is 28.6 Å². The van der Waals surface area contributed by atoms with Gasteiger partial charge in [0.25, 0.3) is 0 Å². The Hall–Kier alpha value is 2.29. The fourth-order valence-electron chi connectivity index (χ4n) is 2.45. The zero-order chi connectivity index (χ0) is 30.6. The van der Waals surface area contributed by atoms with Crippen molar-refractivity contribution in [1.29, 1.82) is 0 Å². The SMILES string of the molecule is Brc1cccs1.C.C[O-].OCc1cccc(-c2cccs2)c1.OCc1cccc(B(O)O)c1.PP.PPPPPP.[Pd]. The van der Waals surface area contributed by atoms with E-state index in [0.29, 0.717) is 11.0 Å². The monoisotopic (exact) mass is 917 g/mol. The number of aliphatic hydroxyl groups excluding tert-OH is 2. The average Bonchev–Trinajstić information content (AvgIpc) is 3.74. The molecule has 0 aliphatic rings. The van der Waals surface area contributed by atoms with Crippen LogP contribution in [-0.2, 0) is 33.6 Å². The summed E-state index contributed by atoms with van der Waals surface area (Å²) in [5.74, 6) is 0. The number of hydrogen-bond acceptors (Lipinski definition) is 7. The van der Waals surface area contributed by atoms with Crippen molar-refractivity contribution in [3.05, 3.63) is 98.5 Å². The first-order valence-corrected chi connectivity index (χ1v) is 26.9. The summed E-state index contributed by atoms with van der Waals surface area (Å²) in [6, 6.07) is 22.6. The molecule has 0 spiro atoms. The maximum atomic E-state index is 8.96. The van der Waals surface area contributed by atoms with Crippen molar-refractivity contribution in [3.8, 4) is 10.4 Å². The molecule has 0 aliphatic carbocycles. The van der Waals surface area contributed by atoms with Crippen LogP contribution in [0.3, 0.4) is 0 Å². The third kappa shape index (κ3) is 27.4.